The Morgan fingerprint density at radius 2 is 1.03 bits per heavy atom. The number of carbonyl (C=O) groups excluding carboxylic acids is 1. The molecule has 0 saturated carbocycles. The fourth-order valence-electron chi connectivity index (χ4n) is 7.24. The number of carbonyl (C=O) groups is 2. The summed E-state index contributed by atoms with van der Waals surface area (Å²) < 4.78 is 51.4. The lowest BCUT2D eigenvalue weighted by molar-refractivity contribution is 0.0525. The van der Waals surface area contributed by atoms with Crippen LogP contribution in [0.4, 0.5) is 8.78 Å². The molecule has 0 saturated heterocycles. The van der Waals surface area contributed by atoms with Crippen LogP contribution in [0.25, 0.3) is 33.9 Å². The molecule has 0 unspecified atom stereocenters. The fourth-order valence-corrected chi connectivity index (χ4v) is 8.40. The first-order chi connectivity index (χ1) is 31.7. The Kier molecular flexibility index (Phi) is 15.5. The van der Waals surface area contributed by atoms with E-state index < -0.39 is 17.6 Å². The van der Waals surface area contributed by atoms with Crippen molar-refractivity contribution in [1.82, 2.24) is 9.13 Å². The minimum atomic E-state index is -0.994. The number of hydrogen-bond acceptors (Lipinski definition) is 5. The van der Waals surface area contributed by atoms with Gasteiger partial charge in [0.25, 0.3) is 0 Å². The molecule has 336 valence electrons. The monoisotopic (exact) mass is 1050 g/mol. The predicted octanol–water partition coefficient (Wildman–Crippen LogP) is 15.0. The van der Waals surface area contributed by atoms with E-state index in [1.54, 1.807) is 67.6 Å². The van der Waals surface area contributed by atoms with E-state index in [0.29, 0.717) is 45.0 Å². The highest BCUT2D eigenvalue weighted by atomic mass is 79.9. The number of esters is 1. The number of hydrogen-bond donors (Lipinski definition) is 1. The first-order valence-corrected chi connectivity index (χ1v) is 22.8. The van der Waals surface area contributed by atoms with Gasteiger partial charge in [0.1, 0.15) is 36.3 Å². The molecule has 8 aromatic rings. The standard InChI is InChI=1S/C27H22BrClFNO3.C25H18BrClFNO3/c1-3-33-27(32)18-6-4-7-20(14-18)31-17(2)10-12-25(31)21-15-19(28)11-13-26(21)34-16-22-23(29)8-5-9-24(22)30;1-15-8-10-23(29(15)18-5-2-4-16(12-18)25(30)31)19-13-17(26)9-11-24(19)32-14-20-21(27)6-3-7-22(20)28/h4-15H,3,16H2,1-2H3;2-13H,14H2,1H3,(H,30,31). The minimum Gasteiger partial charge on any atom is -0.488 e. The molecule has 0 aliphatic heterocycles. The Balaban J connectivity index is 0.000000197. The minimum absolute atomic E-state index is 0.0157. The normalized spacial score (nSPS) is 10.9. The Morgan fingerprint density at radius 1 is 0.591 bits per heavy atom. The average Bonchev–Trinajstić information content (AvgIpc) is 3.88. The van der Waals surface area contributed by atoms with Crippen molar-refractivity contribution in [1.29, 1.82) is 0 Å². The molecule has 14 heteroatoms. The van der Waals surface area contributed by atoms with Gasteiger partial charge in [-0.1, -0.05) is 79.3 Å². The lowest BCUT2D eigenvalue weighted by atomic mass is 10.1. The van der Waals surface area contributed by atoms with E-state index in [2.05, 4.69) is 31.9 Å². The number of aromatic carboxylic acids is 1. The first-order valence-electron chi connectivity index (χ1n) is 20.4. The molecule has 2 aromatic heterocycles. The van der Waals surface area contributed by atoms with Gasteiger partial charge in [0.05, 0.1) is 39.2 Å². The molecule has 8 rings (SSSR count). The highest BCUT2D eigenvalue weighted by Crippen LogP contribution is 2.38. The molecule has 0 amide bonds. The SMILES string of the molecule is CCOC(=O)c1cccc(-n2c(C)ccc2-c2cc(Br)ccc2OCc2c(F)cccc2Cl)c1.Cc1ccc(-c2cc(Br)ccc2OCc2c(F)cccc2Cl)n1-c1cccc(C(=O)O)c1. The van der Waals surface area contributed by atoms with E-state index in [1.807, 2.05) is 95.8 Å². The van der Waals surface area contributed by atoms with Gasteiger partial charge in [0.2, 0.25) is 0 Å². The van der Waals surface area contributed by atoms with E-state index in [1.165, 1.54) is 12.1 Å². The van der Waals surface area contributed by atoms with Crippen LogP contribution in [0.15, 0.2) is 155 Å². The summed E-state index contributed by atoms with van der Waals surface area (Å²) in [5.41, 5.74) is 7.89. The highest BCUT2D eigenvalue weighted by molar-refractivity contribution is 9.10. The number of nitrogens with zero attached hydrogens (tertiary/aromatic N) is 2. The smallest absolute Gasteiger partial charge is 0.338 e. The zero-order chi connectivity index (χ0) is 47.1. The molecular weight excluding hydrogens is 1020 g/mol. The molecule has 0 bridgehead atoms. The molecule has 8 nitrogen and oxygen atoms in total. The summed E-state index contributed by atoms with van der Waals surface area (Å²) in [5.74, 6) is -1.10. The second-order valence-corrected chi connectivity index (χ2v) is 17.4. The lowest BCUT2D eigenvalue weighted by Crippen LogP contribution is -2.07. The quantitative estimate of drug-likeness (QED) is 0.116. The van der Waals surface area contributed by atoms with Crippen LogP contribution >= 0.6 is 55.1 Å². The van der Waals surface area contributed by atoms with Gasteiger partial charge in [-0.15, -0.1) is 0 Å². The van der Waals surface area contributed by atoms with E-state index >= 15 is 0 Å². The van der Waals surface area contributed by atoms with Crippen molar-refractivity contribution >= 4 is 67.0 Å². The van der Waals surface area contributed by atoms with E-state index in [9.17, 15) is 23.5 Å². The Hall–Kier alpha value is -6.18. The van der Waals surface area contributed by atoms with Crippen LogP contribution in [-0.2, 0) is 18.0 Å². The van der Waals surface area contributed by atoms with Crippen molar-refractivity contribution < 1.29 is 37.7 Å². The van der Waals surface area contributed by atoms with Gasteiger partial charge in [0.15, 0.2) is 0 Å². The van der Waals surface area contributed by atoms with Crippen molar-refractivity contribution in [2.24, 2.45) is 0 Å². The first kappa shape index (κ1) is 47.8. The summed E-state index contributed by atoms with van der Waals surface area (Å²) in [4.78, 5) is 23.7. The van der Waals surface area contributed by atoms with Crippen molar-refractivity contribution in [3.63, 3.8) is 0 Å². The predicted molar refractivity (Wildman–Crippen MR) is 262 cm³/mol. The van der Waals surface area contributed by atoms with Crippen molar-refractivity contribution in [3.05, 3.63) is 210 Å². The number of aryl methyl sites for hydroxylation is 2. The molecule has 0 atom stereocenters. The van der Waals surface area contributed by atoms with Gasteiger partial charge in [0, 0.05) is 54.0 Å². The summed E-state index contributed by atoms with van der Waals surface area (Å²) in [6.07, 6.45) is 0. The van der Waals surface area contributed by atoms with Gasteiger partial charge >= 0.3 is 11.9 Å². The molecule has 0 aliphatic carbocycles. The molecule has 2 heterocycles. The van der Waals surface area contributed by atoms with Crippen molar-refractivity contribution in [2.45, 2.75) is 34.0 Å². The molecule has 66 heavy (non-hydrogen) atoms. The third-order valence-electron chi connectivity index (χ3n) is 10.4. The van der Waals surface area contributed by atoms with Gasteiger partial charge in [-0.3, -0.25) is 0 Å². The summed E-state index contributed by atoms with van der Waals surface area (Å²) in [7, 11) is 0. The maximum Gasteiger partial charge on any atom is 0.338 e. The number of rotatable bonds is 13. The van der Waals surface area contributed by atoms with Crippen LogP contribution in [0.1, 0.15) is 50.2 Å². The molecule has 0 aliphatic rings. The van der Waals surface area contributed by atoms with Gasteiger partial charge in [-0.25, -0.2) is 18.4 Å². The maximum absolute atomic E-state index is 14.3. The zero-order valence-corrected chi connectivity index (χ0v) is 40.3. The highest BCUT2D eigenvalue weighted by Gasteiger charge is 2.20. The fraction of sp³-hybridized carbons (Fsp3) is 0.115. The number of benzene rings is 6. The summed E-state index contributed by atoms with van der Waals surface area (Å²) >= 11 is 19.4. The Bertz CT molecular complexity index is 3040. The van der Waals surface area contributed by atoms with Crippen LogP contribution < -0.4 is 9.47 Å². The Morgan fingerprint density at radius 3 is 1.47 bits per heavy atom. The largest absolute Gasteiger partial charge is 0.488 e. The third kappa shape index (κ3) is 10.9. The van der Waals surface area contributed by atoms with Gasteiger partial charge < -0.3 is 28.5 Å². The summed E-state index contributed by atoms with van der Waals surface area (Å²) in [6.45, 7) is 5.96. The topological polar surface area (TPSA) is 91.9 Å². The molecule has 0 radical (unpaired) electrons. The van der Waals surface area contributed by atoms with Crippen LogP contribution in [0.3, 0.4) is 0 Å². The van der Waals surface area contributed by atoms with Crippen LogP contribution in [0, 0.1) is 25.5 Å². The number of carboxylic acid groups (broad SMARTS) is 1. The second-order valence-electron chi connectivity index (χ2n) is 14.8. The van der Waals surface area contributed by atoms with E-state index in [4.69, 9.17) is 37.4 Å². The third-order valence-corrected chi connectivity index (χ3v) is 12.1. The molecule has 0 spiro atoms. The molecule has 1 N–H and O–H groups in total. The van der Waals surface area contributed by atoms with Crippen molar-refractivity contribution in [2.75, 3.05) is 6.61 Å². The number of halogens is 6. The number of aromatic nitrogens is 2. The van der Waals surface area contributed by atoms with Crippen LogP contribution in [0.2, 0.25) is 10.0 Å². The zero-order valence-electron chi connectivity index (χ0n) is 35.6. The van der Waals surface area contributed by atoms with Crippen LogP contribution in [0.5, 0.6) is 11.5 Å². The number of ether oxygens (including phenoxy) is 3. The van der Waals surface area contributed by atoms with E-state index in [0.717, 1.165) is 48.5 Å². The second kappa shape index (κ2) is 21.4. The molecule has 0 fully saturated rings. The molecular formula is C52H40Br2Cl2F2N2O6. The van der Waals surface area contributed by atoms with E-state index in [-0.39, 0.29) is 30.3 Å². The average molecular weight is 1060 g/mol. The lowest BCUT2D eigenvalue weighted by Gasteiger charge is -2.17. The number of carboxylic acids is 1. The maximum atomic E-state index is 14.3. The van der Waals surface area contributed by atoms with Gasteiger partial charge in [-0.2, -0.15) is 0 Å². The van der Waals surface area contributed by atoms with Crippen LogP contribution in [-0.4, -0.2) is 32.8 Å². The molecule has 6 aromatic carbocycles. The summed E-state index contributed by atoms with van der Waals surface area (Å²) in [6, 6.07) is 42.1. The van der Waals surface area contributed by atoms with Gasteiger partial charge in [-0.05, 0) is 142 Å². The summed E-state index contributed by atoms with van der Waals surface area (Å²) in [5, 5.41) is 10.0. The van der Waals surface area contributed by atoms with Crippen molar-refractivity contribution in [3.8, 4) is 45.4 Å². The Labute approximate surface area is 407 Å².